The number of nitrogens with zero attached hydrogens (tertiary/aromatic N) is 3. The van der Waals surface area contributed by atoms with Crippen LogP contribution in [-0.4, -0.2) is 48.5 Å². The zero-order valence-corrected chi connectivity index (χ0v) is 16.1. The summed E-state index contributed by atoms with van der Waals surface area (Å²) in [6.07, 6.45) is 2.68. The number of halogens is 2. The van der Waals surface area contributed by atoms with Crippen LogP contribution in [0.25, 0.3) is 0 Å². The molecule has 0 unspecified atom stereocenters. The van der Waals surface area contributed by atoms with Gasteiger partial charge in [-0.2, -0.15) is 0 Å². The molecular weight excluding hydrogens is 365 g/mol. The average Bonchev–Trinajstić information content (AvgIpc) is 2.93. The lowest BCUT2D eigenvalue weighted by molar-refractivity contribution is 0.289. The van der Waals surface area contributed by atoms with E-state index in [4.69, 9.17) is 11.6 Å². The van der Waals surface area contributed by atoms with Crippen LogP contribution in [0.3, 0.4) is 0 Å². The van der Waals surface area contributed by atoms with Gasteiger partial charge in [-0.1, -0.05) is 28.9 Å². The molecule has 1 fully saturated rings. The summed E-state index contributed by atoms with van der Waals surface area (Å²) in [4.78, 5) is 4.85. The third-order valence-electron chi connectivity index (χ3n) is 4.97. The van der Waals surface area contributed by atoms with Gasteiger partial charge in [0.25, 0.3) is 0 Å². The summed E-state index contributed by atoms with van der Waals surface area (Å²) < 4.78 is 13.0. The van der Waals surface area contributed by atoms with Gasteiger partial charge in [0.15, 0.2) is 0 Å². The van der Waals surface area contributed by atoms with Crippen molar-refractivity contribution in [2.45, 2.75) is 19.3 Å². The Balaban J connectivity index is 1.47. The predicted molar refractivity (Wildman–Crippen MR) is 109 cm³/mol. The van der Waals surface area contributed by atoms with Gasteiger partial charge < -0.3 is 15.0 Å². The Hall–Kier alpha value is -2.11. The Kier molecular flexibility index (Phi) is 7.07. The van der Waals surface area contributed by atoms with Crippen LogP contribution in [-0.2, 0) is 0 Å². The Morgan fingerprint density at radius 2 is 1.74 bits per heavy atom. The van der Waals surface area contributed by atoms with E-state index in [0.717, 1.165) is 56.2 Å². The molecule has 1 N–H and O–H groups in total. The van der Waals surface area contributed by atoms with E-state index in [-0.39, 0.29) is 5.82 Å². The minimum absolute atomic E-state index is 0.286. The molecule has 1 saturated heterocycles. The lowest BCUT2D eigenvalue weighted by Crippen LogP contribution is -2.31. The highest BCUT2D eigenvalue weighted by molar-refractivity contribution is 6.30. The highest BCUT2D eigenvalue weighted by Gasteiger charge is 2.15. The van der Waals surface area contributed by atoms with Crippen LogP contribution in [0.2, 0.25) is 5.02 Å². The van der Waals surface area contributed by atoms with Gasteiger partial charge >= 0.3 is 0 Å². The summed E-state index contributed by atoms with van der Waals surface area (Å²) in [7, 11) is 0. The van der Waals surface area contributed by atoms with Crippen molar-refractivity contribution < 1.29 is 9.60 Å². The monoisotopic (exact) mass is 389 g/mol. The lowest BCUT2D eigenvalue weighted by Gasteiger charge is -2.23. The van der Waals surface area contributed by atoms with Crippen molar-refractivity contribution in [2.24, 2.45) is 5.16 Å². The molecule has 1 aliphatic rings. The topological polar surface area (TPSA) is 39.1 Å². The molecule has 0 saturated carbocycles. The maximum Gasteiger partial charge on any atom is 0.123 e. The van der Waals surface area contributed by atoms with E-state index < -0.39 is 0 Å². The Morgan fingerprint density at radius 1 is 1.00 bits per heavy atom. The van der Waals surface area contributed by atoms with Crippen molar-refractivity contribution in [2.75, 3.05) is 37.6 Å². The molecule has 2 aromatic rings. The molecule has 144 valence electrons. The summed E-state index contributed by atoms with van der Waals surface area (Å²) in [5.74, 6) is -0.286. The van der Waals surface area contributed by atoms with Crippen LogP contribution >= 0.6 is 11.6 Å². The standard InChI is InChI=1S/C21H25ClFN3O/c22-18-6-10-20(11-7-18)26-14-2-13-25(15-16-26)12-1-3-21(24-27)17-4-8-19(23)9-5-17/h4-11,27H,1-3,12-16H2/b24-21+. The zero-order valence-electron chi connectivity index (χ0n) is 15.3. The molecule has 1 heterocycles. The summed E-state index contributed by atoms with van der Waals surface area (Å²) in [5.41, 5.74) is 2.59. The highest BCUT2D eigenvalue weighted by atomic mass is 35.5. The molecule has 0 radical (unpaired) electrons. The van der Waals surface area contributed by atoms with E-state index in [1.807, 2.05) is 12.1 Å². The van der Waals surface area contributed by atoms with Gasteiger partial charge in [0.1, 0.15) is 5.82 Å². The fourth-order valence-electron chi connectivity index (χ4n) is 3.47. The molecule has 0 amide bonds. The van der Waals surface area contributed by atoms with Crippen molar-refractivity contribution >= 4 is 23.0 Å². The van der Waals surface area contributed by atoms with Crippen LogP contribution in [0.15, 0.2) is 53.7 Å². The molecule has 0 bridgehead atoms. The van der Waals surface area contributed by atoms with E-state index >= 15 is 0 Å². The first-order chi connectivity index (χ1) is 13.2. The third-order valence-corrected chi connectivity index (χ3v) is 5.22. The fraction of sp³-hybridized carbons (Fsp3) is 0.381. The highest BCUT2D eigenvalue weighted by Crippen LogP contribution is 2.19. The van der Waals surface area contributed by atoms with Crippen LogP contribution in [0, 0.1) is 5.82 Å². The first kappa shape index (κ1) is 19.6. The second-order valence-electron chi connectivity index (χ2n) is 6.82. The molecule has 2 aromatic carbocycles. The smallest absolute Gasteiger partial charge is 0.123 e. The van der Waals surface area contributed by atoms with Crippen LogP contribution in [0.5, 0.6) is 0 Å². The molecule has 27 heavy (non-hydrogen) atoms. The van der Waals surface area contributed by atoms with Crippen molar-refractivity contribution in [3.8, 4) is 0 Å². The Morgan fingerprint density at radius 3 is 2.44 bits per heavy atom. The molecule has 0 spiro atoms. The van der Waals surface area contributed by atoms with Gasteiger partial charge in [0.05, 0.1) is 5.71 Å². The van der Waals surface area contributed by atoms with Gasteiger partial charge in [-0.25, -0.2) is 4.39 Å². The van der Waals surface area contributed by atoms with Gasteiger partial charge in [-0.3, -0.25) is 0 Å². The van der Waals surface area contributed by atoms with E-state index in [1.165, 1.54) is 17.8 Å². The van der Waals surface area contributed by atoms with Crippen LogP contribution < -0.4 is 4.90 Å². The van der Waals surface area contributed by atoms with Gasteiger partial charge in [0, 0.05) is 30.3 Å². The first-order valence-electron chi connectivity index (χ1n) is 9.35. The van der Waals surface area contributed by atoms with Crippen molar-refractivity contribution in [3.05, 3.63) is 64.9 Å². The Labute approximate surface area is 164 Å². The summed E-state index contributed by atoms with van der Waals surface area (Å²) in [6, 6.07) is 14.1. The summed E-state index contributed by atoms with van der Waals surface area (Å²) in [6.45, 7) is 5.04. The second kappa shape index (κ2) is 9.72. The maximum absolute atomic E-state index is 13.0. The maximum atomic E-state index is 13.0. The molecule has 0 atom stereocenters. The SMILES string of the molecule is O/N=C(\CCCN1CCCN(c2ccc(Cl)cc2)CC1)c1ccc(F)cc1. The number of benzene rings is 2. The molecule has 0 aliphatic carbocycles. The molecule has 6 heteroatoms. The number of oxime groups is 1. The number of hydrogen-bond acceptors (Lipinski definition) is 4. The minimum Gasteiger partial charge on any atom is -0.411 e. The van der Waals surface area contributed by atoms with Gasteiger partial charge in [0.2, 0.25) is 0 Å². The number of anilines is 1. The molecule has 1 aliphatic heterocycles. The normalized spacial score (nSPS) is 16.4. The predicted octanol–water partition coefficient (Wildman–Crippen LogP) is 4.65. The Bertz CT molecular complexity index is 749. The molecular formula is C21H25ClFN3O. The van der Waals surface area contributed by atoms with E-state index in [1.54, 1.807) is 12.1 Å². The third kappa shape index (κ3) is 5.68. The fourth-order valence-corrected chi connectivity index (χ4v) is 3.60. The zero-order chi connectivity index (χ0) is 19.1. The largest absolute Gasteiger partial charge is 0.411 e. The van der Waals surface area contributed by atoms with Gasteiger partial charge in [-0.15, -0.1) is 0 Å². The number of hydrogen-bond donors (Lipinski definition) is 1. The van der Waals surface area contributed by atoms with Crippen molar-refractivity contribution in [1.29, 1.82) is 0 Å². The molecule has 0 aromatic heterocycles. The van der Waals surface area contributed by atoms with Crippen molar-refractivity contribution in [3.63, 3.8) is 0 Å². The summed E-state index contributed by atoms with van der Waals surface area (Å²) >= 11 is 5.98. The quantitative estimate of drug-likeness (QED) is 0.444. The molecule has 3 rings (SSSR count). The lowest BCUT2D eigenvalue weighted by atomic mass is 10.1. The average molecular weight is 390 g/mol. The molecule has 4 nitrogen and oxygen atoms in total. The summed E-state index contributed by atoms with van der Waals surface area (Å²) in [5, 5.41) is 13.4. The minimum atomic E-state index is -0.286. The van der Waals surface area contributed by atoms with E-state index in [9.17, 15) is 9.60 Å². The van der Waals surface area contributed by atoms with Crippen molar-refractivity contribution in [1.82, 2.24) is 4.90 Å². The second-order valence-corrected chi connectivity index (χ2v) is 7.25. The first-order valence-corrected chi connectivity index (χ1v) is 9.73. The van der Waals surface area contributed by atoms with Crippen LogP contribution in [0.1, 0.15) is 24.8 Å². The van der Waals surface area contributed by atoms with Crippen LogP contribution in [0.4, 0.5) is 10.1 Å². The number of rotatable bonds is 6. The van der Waals surface area contributed by atoms with Gasteiger partial charge in [-0.05, 0) is 74.3 Å². The van der Waals surface area contributed by atoms with E-state index in [0.29, 0.717) is 12.1 Å². The van der Waals surface area contributed by atoms with E-state index in [2.05, 4.69) is 27.1 Å².